The molecular formula is C12H13N3O4. The number of benzene rings is 1. The zero-order valence-electron chi connectivity index (χ0n) is 10.5. The van der Waals surface area contributed by atoms with E-state index in [0.717, 1.165) is 11.0 Å². The molecule has 1 aliphatic heterocycles. The van der Waals surface area contributed by atoms with E-state index in [4.69, 9.17) is 9.47 Å². The molecule has 2 heterocycles. The van der Waals surface area contributed by atoms with E-state index in [0.29, 0.717) is 17.4 Å². The monoisotopic (exact) mass is 263 g/mol. The third-order valence-electron chi connectivity index (χ3n) is 2.88. The summed E-state index contributed by atoms with van der Waals surface area (Å²) in [5.41, 5.74) is 1.55. The van der Waals surface area contributed by atoms with Gasteiger partial charge in [0.25, 0.3) is 0 Å². The number of anilines is 1. The van der Waals surface area contributed by atoms with Gasteiger partial charge in [0.05, 0.1) is 18.1 Å². The van der Waals surface area contributed by atoms with Crippen molar-refractivity contribution in [3.05, 3.63) is 12.1 Å². The molecule has 1 aliphatic rings. The fourth-order valence-electron chi connectivity index (χ4n) is 1.91. The minimum Gasteiger partial charge on any atom is -0.467 e. The molecule has 0 amide bonds. The summed E-state index contributed by atoms with van der Waals surface area (Å²) in [4.78, 5) is 18.7. The normalized spacial score (nSPS) is 14.4. The van der Waals surface area contributed by atoms with Crippen LogP contribution in [0.2, 0.25) is 0 Å². The van der Waals surface area contributed by atoms with Gasteiger partial charge in [-0.2, -0.15) is 0 Å². The van der Waals surface area contributed by atoms with Crippen LogP contribution in [-0.4, -0.2) is 35.9 Å². The minimum absolute atomic E-state index is 0.229. The van der Waals surface area contributed by atoms with Crippen LogP contribution < -0.4 is 14.8 Å². The Morgan fingerprint density at radius 1 is 1.47 bits per heavy atom. The molecule has 7 nitrogen and oxygen atoms in total. The molecule has 19 heavy (non-hydrogen) atoms. The number of fused-ring (bicyclic) bond motifs is 2. The second-order valence-electron chi connectivity index (χ2n) is 4.20. The summed E-state index contributed by atoms with van der Waals surface area (Å²) in [7, 11) is 1.35. The fraction of sp³-hybridized carbons (Fsp3) is 0.333. The first kappa shape index (κ1) is 11.6. The van der Waals surface area contributed by atoms with E-state index in [1.807, 2.05) is 6.07 Å². The number of rotatable bonds is 3. The van der Waals surface area contributed by atoms with Gasteiger partial charge in [-0.3, -0.25) is 0 Å². The Bertz CT molecular complexity index is 596. The van der Waals surface area contributed by atoms with Crippen LogP contribution in [0.4, 0.5) is 5.95 Å². The SMILES string of the molecule is COC(=O)C(C)Nc1nc2cc3c(cc2[nH]1)OCO3. The van der Waals surface area contributed by atoms with Crippen LogP contribution in [0, 0.1) is 0 Å². The predicted molar refractivity (Wildman–Crippen MR) is 67.3 cm³/mol. The van der Waals surface area contributed by atoms with Crippen molar-refractivity contribution in [3.8, 4) is 11.5 Å². The highest BCUT2D eigenvalue weighted by molar-refractivity contribution is 5.83. The van der Waals surface area contributed by atoms with E-state index in [-0.39, 0.29) is 12.8 Å². The Labute approximate surface area is 108 Å². The van der Waals surface area contributed by atoms with Crippen molar-refractivity contribution >= 4 is 23.0 Å². The van der Waals surface area contributed by atoms with Crippen molar-refractivity contribution in [1.82, 2.24) is 9.97 Å². The summed E-state index contributed by atoms with van der Waals surface area (Å²) in [5, 5.41) is 2.93. The average Bonchev–Trinajstić information content (AvgIpc) is 2.99. The molecule has 0 bridgehead atoms. The summed E-state index contributed by atoms with van der Waals surface area (Å²) in [5.74, 6) is 1.50. The lowest BCUT2D eigenvalue weighted by atomic mass is 10.3. The maximum absolute atomic E-state index is 11.3. The number of carbonyl (C=O) groups excluding carboxylic acids is 1. The first-order valence-electron chi connectivity index (χ1n) is 5.81. The quantitative estimate of drug-likeness (QED) is 0.811. The Morgan fingerprint density at radius 3 is 2.95 bits per heavy atom. The van der Waals surface area contributed by atoms with Crippen molar-refractivity contribution < 1.29 is 19.0 Å². The number of aromatic nitrogens is 2. The summed E-state index contributed by atoms with van der Waals surface area (Å²) in [6.07, 6.45) is 0. The number of carbonyl (C=O) groups is 1. The number of H-pyrrole nitrogens is 1. The molecule has 1 aromatic heterocycles. The molecule has 0 aliphatic carbocycles. The average molecular weight is 263 g/mol. The maximum Gasteiger partial charge on any atom is 0.328 e. The number of nitrogens with zero attached hydrogens (tertiary/aromatic N) is 1. The fourth-order valence-corrected chi connectivity index (χ4v) is 1.91. The molecule has 100 valence electrons. The molecule has 3 rings (SSSR count). The van der Waals surface area contributed by atoms with Crippen molar-refractivity contribution in [3.63, 3.8) is 0 Å². The molecule has 1 unspecified atom stereocenters. The Kier molecular flexibility index (Phi) is 2.66. The number of imidazole rings is 1. The van der Waals surface area contributed by atoms with Gasteiger partial charge in [-0.25, -0.2) is 9.78 Å². The molecule has 2 aromatic rings. The lowest BCUT2D eigenvalue weighted by molar-refractivity contribution is -0.141. The zero-order chi connectivity index (χ0) is 13.4. The van der Waals surface area contributed by atoms with Crippen molar-refractivity contribution in [2.45, 2.75) is 13.0 Å². The standard InChI is InChI=1S/C12H13N3O4/c1-6(11(16)17-2)13-12-14-7-3-9-10(19-5-18-9)4-8(7)15-12/h3-4,6H,5H2,1-2H3,(H2,13,14,15). The highest BCUT2D eigenvalue weighted by atomic mass is 16.7. The van der Waals surface area contributed by atoms with Crippen LogP contribution in [0.5, 0.6) is 11.5 Å². The third kappa shape index (κ3) is 2.03. The molecule has 0 saturated heterocycles. The lowest BCUT2D eigenvalue weighted by Gasteiger charge is -2.09. The van der Waals surface area contributed by atoms with Gasteiger partial charge in [0, 0.05) is 12.1 Å². The highest BCUT2D eigenvalue weighted by Gasteiger charge is 2.18. The van der Waals surface area contributed by atoms with E-state index >= 15 is 0 Å². The Hall–Kier alpha value is -2.44. The van der Waals surface area contributed by atoms with E-state index in [2.05, 4.69) is 20.0 Å². The van der Waals surface area contributed by atoms with Crippen LogP contribution in [0.1, 0.15) is 6.92 Å². The number of esters is 1. The van der Waals surface area contributed by atoms with E-state index in [1.165, 1.54) is 7.11 Å². The zero-order valence-corrected chi connectivity index (χ0v) is 10.5. The molecule has 2 N–H and O–H groups in total. The molecule has 0 fully saturated rings. The summed E-state index contributed by atoms with van der Waals surface area (Å²) in [6, 6.07) is 3.13. The van der Waals surface area contributed by atoms with E-state index in [1.54, 1.807) is 13.0 Å². The van der Waals surface area contributed by atoms with Crippen molar-refractivity contribution in [1.29, 1.82) is 0 Å². The van der Waals surface area contributed by atoms with Gasteiger partial charge in [0.15, 0.2) is 11.5 Å². The molecule has 7 heteroatoms. The van der Waals surface area contributed by atoms with Gasteiger partial charge >= 0.3 is 5.97 Å². The number of aromatic amines is 1. The molecule has 1 atom stereocenters. The van der Waals surface area contributed by atoms with Gasteiger partial charge in [-0.1, -0.05) is 0 Å². The molecule has 0 radical (unpaired) electrons. The van der Waals surface area contributed by atoms with Crippen LogP contribution in [-0.2, 0) is 9.53 Å². The Morgan fingerprint density at radius 2 is 2.21 bits per heavy atom. The van der Waals surface area contributed by atoms with E-state index in [9.17, 15) is 4.79 Å². The van der Waals surface area contributed by atoms with Crippen molar-refractivity contribution in [2.24, 2.45) is 0 Å². The van der Waals surface area contributed by atoms with E-state index < -0.39 is 6.04 Å². The van der Waals surface area contributed by atoms with Gasteiger partial charge < -0.3 is 24.5 Å². The van der Waals surface area contributed by atoms with Gasteiger partial charge in [-0.15, -0.1) is 0 Å². The molecule has 0 spiro atoms. The largest absolute Gasteiger partial charge is 0.467 e. The second kappa shape index (κ2) is 4.34. The topological polar surface area (TPSA) is 85.5 Å². The second-order valence-corrected chi connectivity index (χ2v) is 4.20. The summed E-state index contributed by atoms with van der Waals surface area (Å²) >= 11 is 0. The lowest BCUT2D eigenvalue weighted by Crippen LogP contribution is -2.27. The van der Waals surface area contributed by atoms with Crippen LogP contribution in [0.3, 0.4) is 0 Å². The minimum atomic E-state index is -0.482. The van der Waals surface area contributed by atoms with Crippen molar-refractivity contribution in [2.75, 3.05) is 19.2 Å². The third-order valence-corrected chi connectivity index (χ3v) is 2.88. The molecule has 1 aromatic carbocycles. The number of ether oxygens (including phenoxy) is 3. The number of methoxy groups -OCH3 is 1. The summed E-state index contributed by atoms with van der Waals surface area (Å²) < 4.78 is 15.2. The first-order chi connectivity index (χ1) is 9.17. The van der Waals surface area contributed by atoms with Crippen LogP contribution >= 0.6 is 0 Å². The molecular weight excluding hydrogens is 250 g/mol. The highest BCUT2D eigenvalue weighted by Crippen LogP contribution is 2.35. The predicted octanol–water partition coefficient (Wildman–Crippen LogP) is 1.26. The van der Waals surface area contributed by atoms with Gasteiger partial charge in [-0.05, 0) is 6.92 Å². The molecule has 0 saturated carbocycles. The summed E-state index contributed by atoms with van der Waals surface area (Å²) in [6.45, 7) is 1.93. The first-order valence-corrected chi connectivity index (χ1v) is 5.81. The maximum atomic E-state index is 11.3. The van der Waals surface area contributed by atoms with Crippen LogP contribution in [0.15, 0.2) is 12.1 Å². The number of nitrogens with one attached hydrogen (secondary N) is 2. The Balaban J connectivity index is 1.88. The smallest absolute Gasteiger partial charge is 0.328 e. The van der Waals surface area contributed by atoms with Crippen LogP contribution in [0.25, 0.3) is 11.0 Å². The number of hydrogen-bond donors (Lipinski definition) is 2. The van der Waals surface area contributed by atoms with Gasteiger partial charge in [0.1, 0.15) is 6.04 Å². The van der Waals surface area contributed by atoms with Gasteiger partial charge in [0.2, 0.25) is 12.7 Å². The number of hydrogen-bond acceptors (Lipinski definition) is 6.